The van der Waals surface area contributed by atoms with Gasteiger partial charge in [-0.25, -0.2) is 19.7 Å². The van der Waals surface area contributed by atoms with Crippen molar-refractivity contribution in [3.8, 4) is 11.4 Å². The van der Waals surface area contributed by atoms with Gasteiger partial charge in [0.25, 0.3) is 0 Å². The molecule has 3 aromatic rings. The van der Waals surface area contributed by atoms with Gasteiger partial charge >= 0.3 is 6.09 Å². The van der Waals surface area contributed by atoms with Gasteiger partial charge in [-0.3, -0.25) is 4.79 Å². The fraction of sp³-hybridized carbons (Fsp3) is 0.296. The number of aromatic nitrogens is 2. The van der Waals surface area contributed by atoms with E-state index in [1.807, 2.05) is 24.3 Å². The third-order valence-electron chi connectivity index (χ3n) is 5.33. The molecule has 0 atom stereocenters. The van der Waals surface area contributed by atoms with E-state index in [4.69, 9.17) is 15.9 Å². The van der Waals surface area contributed by atoms with Crippen molar-refractivity contribution in [1.29, 1.82) is 5.41 Å². The highest BCUT2D eigenvalue weighted by Gasteiger charge is 2.27. The highest BCUT2D eigenvalue weighted by molar-refractivity contribution is 8.00. The first-order chi connectivity index (χ1) is 17.6. The fourth-order valence-electron chi connectivity index (χ4n) is 3.45. The van der Waals surface area contributed by atoms with Gasteiger partial charge < -0.3 is 21.2 Å². The first-order valence-corrected chi connectivity index (χ1v) is 12.9. The number of amides is 2. The van der Waals surface area contributed by atoms with Crippen LogP contribution in [0.5, 0.6) is 0 Å². The number of nitrogens with two attached hydrogens (primary N) is 1. The molecule has 4 N–H and O–H groups in total. The average Bonchev–Trinajstić information content (AvgIpc) is 3.67. The topological polar surface area (TPSA) is 134 Å². The van der Waals surface area contributed by atoms with E-state index in [9.17, 15) is 9.59 Å². The lowest BCUT2D eigenvalue weighted by Crippen LogP contribution is -2.34. The third kappa shape index (κ3) is 7.07. The van der Waals surface area contributed by atoms with Gasteiger partial charge in [0.15, 0.2) is 5.82 Å². The zero-order valence-electron chi connectivity index (χ0n) is 21.0. The van der Waals surface area contributed by atoms with Crippen molar-refractivity contribution in [2.75, 3.05) is 16.4 Å². The highest BCUT2D eigenvalue weighted by Crippen LogP contribution is 2.31. The molecule has 1 heterocycles. The molecule has 10 heteroatoms. The second-order valence-electron chi connectivity index (χ2n) is 9.67. The fourth-order valence-corrected chi connectivity index (χ4v) is 4.21. The SMILES string of the molecule is CC(C)(C)OC(=O)N(c1ccc(N)c(C=N)c1)c1ccnc(-c2cccc(SCC(=O)NC3CC3)c2)n1. The van der Waals surface area contributed by atoms with Gasteiger partial charge in [0, 0.05) is 40.2 Å². The average molecular weight is 519 g/mol. The zero-order valence-corrected chi connectivity index (χ0v) is 21.8. The first kappa shape index (κ1) is 26.2. The van der Waals surface area contributed by atoms with Crippen LogP contribution >= 0.6 is 11.8 Å². The molecule has 1 fully saturated rings. The monoisotopic (exact) mass is 518 g/mol. The standard InChI is InChI=1S/C27H30N6O3S/c1-27(2,3)36-26(35)33(20-9-10-22(29)18(13-20)15-28)23-11-12-30-25(32-23)17-5-4-6-21(14-17)37-16-24(34)31-19-7-8-19/h4-6,9-15,19,28H,7-8,16,29H2,1-3H3,(H,31,34). The summed E-state index contributed by atoms with van der Waals surface area (Å²) in [5.41, 5.74) is 7.32. The van der Waals surface area contributed by atoms with Crippen molar-refractivity contribution in [2.45, 2.75) is 50.2 Å². The van der Waals surface area contributed by atoms with E-state index in [2.05, 4.69) is 15.3 Å². The molecule has 4 rings (SSSR count). The molecule has 2 aromatic carbocycles. The maximum Gasteiger partial charge on any atom is 0.420 e. The van der Waals surface area contributed by atoms with Gasteiger partial charge in [-0.1, -0.05) is 12.1 Å². The van der Waals surface area contributed by atoms with Crippen molar-refractivity contribution in [2.24, 2.45) is 0 Å². The Balaban J connectivity index is 1.64. The molecule has 0 bridgehead atoms. The summed E-state index contributed by atoms with van der Waals surface area (Å²) in [4.78, 5) is 36.7. The van der Waals surface area contributed by atoms with Crippen molar-refractivity contribution >= 4 is 47.2 Å². The van der Waals surface area contributed by atoms with Crippen LogP contribution in [0, 0.1) is 5.41 Å². The van der Waals surface area contributed by atoms with Crippen LogP contribution < -0.4 is 16.0 Å². The minimum absolute atomic E-state index is 0.0249. The number of nitrogens with zero attached hydrogens (tertiary/aromatic N) is 3. The summed E-state index contributed by atoms with van der Waals surface area (Å²) in [5.74, 6) is 1.08. The molecule has 1 aliphatic rings. The molecule has 0 aliphatic heterocycles. The maximum absolute atomic E-state index is 13.3. The maximum atomic E-state index is 13.3. The zero-order chi connectivity index (χ0) is 26.6. The van der Waals surface area contributed by atoms with Gasteiger partial charge in [-0.05, 0) is 70.0 Å². The van der Waals surface area contributed by atoms with Gasteiger partial charge in [0.05, 0.1) is 11.4 Å². The quantitative estimate of drug-likeness (QED) is 0.213. The second kappa shape index (κ2) is 11.0. The molecule has 1 aliphatic carbocycles. The molecule has 0 saturated heterocycles. The summed E-state index contributed by atoms with van der Waals surface area (Å²) in [6.45, 7) is 5.36. The van der Waals surface area contributed by atoms with Gasteiger partial charge in [-0.2, -0.15) is 0 Å². The molecule has 0 radical (unpaired) electrons. The molecule has 37 heavy (non-hydrogen) atoms. The number of carbonyl (C=O) groups is 2. The van der Waals surface area contributed by atoms with E-state index < -0.39 is 11.7 Å². The largest absolute Gasteiger partial charge is 0.443 e. The van der Waals surface area contributed by atoms with E-state index in [1.165, 1.54) is 16.7 Å². The Bertz CT molecular complexity index is 1320. The minimum atomic E-state index is -0.735. The van der Waals surface area contributed by atoms with Gasteiger partial charge in [-0.15, -0.1) is 11.8 Å². The summed E-state index contributed by atoms with van der Waals surface area (Å²) in [6.07, 6.45) is 4.19. The Morgan fingerprint density at radius 2 is 2.00 bits per heavy atom. The van der Waals surface area contributed by atoms with E-state index in [0.29, 0.717) is 40.4 Å². The van der Waals surface area contributed by atoms with Crippen LogP contribution in [0.25, 0.3) is 11.4 Å². The van der Waals surface area contributed by atoms with Crippen molar-refractivity contribution < 1.29 is 14.3 Å². The second-order valence-corrected chi connectivity index (χ2v) is 10.7. The Morgan fingerprint density at radius 1 is 1.22 bits per heavy atom. The number of benzene rings is 2. The van der Waals surface area contributed by atoms with Crippen LogP contribution in [0.3, 0.4) is 0 Å². The van der Waals surface area contributed by atoms with Crippen molar-refractivity contribution in [1.82, 2.24) is 15.3 Å². The highest BCUT2D eigenvalue weighted by atomic mass is 32.2. The summed E-state index contributed by atoms with van der Waals surface area (Å²) < 4.78 is 5.66. The predicted octanol–water partition coefficient (Wildman–Crippen LogP) is 5.17. The van der Waals surface area contributed by atoms with E-state index >= 15 is 0 Å². The lowest BCUT2D eigenvalue weighted by atomic mass is 10.1. The number of rotatable bonds is 8. The summed E-state index contributed by atoms with van der Waals surface area (Å²) in [5, 5.41) is 10.6. The lowest BCUT2D eigenvalue weighted by molar-refractivity contribution is -0.118. The Labute approximate surface area is 220 Å². The van der Waals surface area contributed by atoms with Gasteiger partial charge in [0.1, 0.15) is 11.4 Å². The molecular formula is C27H30N6O3S. The lowest BCUT2D eigenvalue weighted by Gasteiger charge is -2.27. The summed E-state index contributed by atoms with van der Waals surface area (Å²) in [7, 11) is 0. The number of ether oxygens (including phenoxy) is 1. The third-order valence-corrected chi connectivity index (χ3v) is 6.33. The predicted molar refractivity (Wildman–Crippen MR) is 146 cm³/mol. The molecule has 1 aromatic heterocycles. The molecule has 9 nitrogen and oxygen atoms in total. The number of thioether (sulfide) groups is 1. The number of anilines is 3. The van der Waals surface area contributed by atoms with Crippen LogP contribution in [0.2, 0.25) is 0 Å². The van der Waals surface area contributed by atoms with Crippen LogP contribution in [0.4, 0.5) is 22.0 Å². The van der Waals surface area contributed by atoms with Crippen LogP contribution in [0.15, 0.2) is 59.6 Å². The summed E-state index contributed by atoms with van der Waals surface area (Å²) >= 11 is 1.45. The van der Waals surface area contributed by atoms with E-state index in [1.54, 1.807) is 51.2 Å². The number of hydrogen-bond donors (Lipinski definition) is 3. The van der Waals surface area contributed by atoms with E-state index in [-0.39, 0.29) is 5.91 Å². The first-order valence-electron chi connectivity index (χ1n) is 11.9. The van der Waals surface area contributed by atoms with Crippen LogP contribution in [-0.2, 0) is 9.53 Å². The number of nitrogens with one attached hydrogen (secondary N) is 2. The van der Waals surface area contributed by atoms with Crippen molar-refractivity contribution in [3.63, 3.8) is 0 Å². The molecule has 0 spiro atoms. The minimum Gasteiger partial charge on any atom is -0.443 e. The van der Waals surface area contributed by atoms with E-state index in [0.717, 1.165) is 29.5 Å². The molecular weight excluding hydrogens is 488 g/mol. The molecule has 192 valence electrons. The molecule has 0 unspecified atom stereocenters. The van der Waals surface area contributed by atoms with Crippen molar-refractivity contribution in [3.05, 3.63) is 60.3 Å². The Hall–Kier alpha value is -3.92. The molecule has 2 amide bonds. The number of carbonyl (C=O) groups excluding carboxylic acids is 2. The smallest absolute Gasteiger partial charge is 0.420 e. The molecule has 1 saturated carbocycles. The van der Waals surface area contributed by atoms with Gasteiger partial charge in [0.2, 0.25) is 5.91 Å². The Morgan fingerprint density at radius 3 is 2.70 bits per heavy atom. The normalized spacial score (nSPS) is 13.1. The van der Waals surface area contributed by atoms with Crippen LogP contribution in [-0.4, -0.2) is 45.6 Å². The Kier molecular flexibility index (Phi) is 7.77. The summed E-state index contributed by atoms with van der Waals surface area (Å²) in [6, 6.07) is 14.5. The van der Waals surface area contributed by atoms with Crippen LogP contribution in [0.1, 0.15) is 39.2 Å². The number of hydrogen-bond acceptors (Lipinski definition) is 8. The number of nitrogen functional groups attached to an aromatic ring is 1.